The molecule has 3 N–H and O–H groups in total. The van der Waals surface area contributed by atoms with E-state index in [0.29, 0.717) is 37.0 Å². The van der Waals surface area contributed by atoms with Crippen LogP contribution in [0.3, 0.4) is 0 Å². The maximum atomic E-state index is 12.7. The molecule has 4 heterocycles. The van der Waals surface area contributed by atoms with Crippen LogP contribution in [0.5, 0.6) is 5.75 Å². The number of anilines is 1. The van der Waals surface area contributed by atoms with E-state index < -0.39 is 16.6 Å². The molecule has 5 rings (SSSR count). The second-order valence-electron chi connectivity index (χ2n) is 8.75. The van der Waals surface area contributed by atoms with Crippen LogP contribution in [-0.2, 0) is 22.1 Å². The van der Waals surface area contributed by atoms with Crippen molar-refractivity contribution in [1.29, 1.82) is 0 Å². The van der Waals surface area contributed by atoms with Crippen molar-refractivity contribution in [3.05, 3.63) is 41.2 Å². The SMILES string of the molecule is Cc1cc(C(=O)Nc2ccc3c(c2)C2(COC(N)=N2)C2(COC2)C(C)(C)O3)nn1C. The van der Waals surface area contributed by atoms with Gasteiger partial charge in [-0.3, -0.25) is 9.48 Å². The molecule has 9 heteroatoms. The predicted molar refractivity (Wildman–Crippen MR) is 110 cm³/mol. The normalized spacial score (nSPS) is 25.1. The Morgan fingerprint density at radius 2 is 2.00 bits per heavy atom. The lowest BCUT2D eigenvalue weighted by Gasteiger charge is -2.61. The number of amides is 1. The van der Waals surface area contributed by atoms with Gasteiger partial charge in [0, 0.05) is 24.0 Å². The highest BCUT2D eigenvalue weighted by atomic mass is 16.5. The van der Waals surface area contributed by atoms with Crippen LogP contribution in [-0.4, -0.2) is 47.1 Å². The first kappa shape index (κ1) is 18.9. The first-order chi connectivity index (χ1) is 14.2. The molecule has 1 aromatic heterocycles. The Balaban J connectivity index is 1.57. The van der Waals surface area contributed by atoms with E-state index in [1.165, 1.54) is 0 Å². The number of nitrogens with one attached hydrogen (secondary N) is 1. The summed E-state index contributed by atoms with van der Waals surface area (Å²) in [6, 6.07) is 7.47. The fourth-order valence-corrected chi connectivity index (χ4v) is 4.72. The molecular formula is C21H25N5O4. The maximum Gasteiger partial charge on any atom is 0.283 e. The number of hydrogen-bond acceptors (Lipinski definition) is 7. The number of rotatable bonds is 2. The summed E-state index contributed by atoms with van der Waals surface area (Å²) in [5.41, 5.74) is 6.98. The molecule has 1 unspecified atom stereocenters. The van der Waals surface area contributed by atoms with Crippen molar-refractivity contribution in [3.8, 4) is 5.75 Å². The topological polar surface area (TPSA) is 113 Å². The number of aliphatic imine (C=N–C) groups is 1. The summed E-state index contributed by atoms with van der Waals surface area (Å²) in [6.45, 7) is 7.27. The molecule has 1 atom stereocenters. The first-order valence-corrected chi connectivity index (χ1v) is 9.89. The average molecular weight is 411 g/mol. The molecule has 9 nitrogen and oxygen atoms in total. The molecule has 3 aliphatic heterocycles. The van der Waals surface area contributed by atoms with Gasteiger partial charge >= 0.3 is 0 Å². The second-order valence-corrected chi connectivity index (χ2v) is 8.75. The van der Waals surface area contributed by atoms with Crippen molar-refractivity contribution < 1.29 is 19.0 Å². The molecule has 1 amide bonds. The lowest BCUT2D eigenvalue weighted by atomic mass is 9.55. The summed E-state index contributed by atoms with van der Waals surface area (Å²) in [5.74, 6) is 0.420. The number of benzene rings is 1. The predicted octanol–water partition coefficient (Wildman–Crippen LogP) is 1.71. The van der Waals surface area contributed by atoms with Gasteiger partial charge in [-0.25, -0.2) is 4.99 Å². The highest BCUT2D eigenvalue weighted by molar-refractivity contribution is 6.03. The van der Waals surface area contributed by atoms with Gasteiger partial charge in [0.2, 0.25) is 0 Å². The van der Waals surface area contributed by atoms with Crippen LogP contribution < -0.4 is 15.8 Å². The average Bonchev–Trinajstić information content (AvgIpc) is 3.17. The first-order valence-electron chi connectivity index (χ1n) is 9.89. The quantitative estimate of drug-likeness (QED) is 0.778. The molecule has 1 aromatic carbocycles. The number of amidine groups is 1. The van der Waals surface area contributed by atoms with Crippen molar-refractivity contribution in [1.82, 2.24) is 9.78 Å². The Hall–Kier alpha value is -3.07. The summed E-state index contributed by atoms with van der Waals surface area (Å²) in [6.07, 6.45) is 0. The highest BCUT2D eigenvalue weighted by Crippen LogP contribution is 2.62. The molecule has 0 aliphatic carbocycles. The van der Waals surface area contributed by atoms with Crippen molar-refractivity contribution in [2.24, 2.45) is 23.2 Å². The molecule has 3 aliphatic rings. The zero-order chi connectivity index (χ0) is 21.3. The van der Waals surface area contributed by atoms with Gasteiger partial charge < -0.3 is 25.3 Å². The van der Waals surface area contributed by atoms with Crippen molar-refractivity contribution in [2.45, 2.75) is 31.9 Å². The molecule has 0 radical (unpaired) electrons. The van der Waals surface area contributed by atoms with Crippen molar-refractivity contribution in [2.75, 3.05) is 25.1 Å². The van der Waals surface area contributed by atoms with Crippen LogP contribution in [0.1, 0.15) is 35.6 Å². The summed E-state index contributed by atoms with van der Waals surface area (Å²) in [4.78, 5) is 17.5. The number of hydrogen-bond donors (Lipinski definition) is 2. The van der Waals surface area contributed by atoms with E-state index in [1.54, 1.807) is 17.8 Å². The van der Waals surface area contributed by atoms with Gasteiger partial charge in [0.25, 0.3) is 11.9 Å². The molecule has 1 saturated heterocycles. The van der Waals surface area contributed by atoms with Crippen LogP contribution in [0, 0.1) is 12.3 Å². The lowest BCUT2D eigenvalue weighted by molar-refractivity contribution is -0.247. The molecule has 2 spiro atoms. The number of carbonyl (C=O) groups is 1. The largest absolute Gasteiger partial charge is 0.487 e. The Labute approximate surface area is 174 Å². The summed E-state index contributed by atoms with van der Waals surface area (Å²) in [5, 5.41) is 7.17. The fraction of sp³-hybridized carbons (Fsp3) is 0.476. The minimum atomic E-state index is -0.741. The minimum Gasteiger partial charge on any atom is -0.487 e. The van der Waals surface area contributed by atoms with Crippen molar-refractivity contribution >= 4 is 17.6 Å². The number of fused-ring (bicyclic) bond motifs is 3. The molecule has 0 bridgehead atoms. The number of carbonyl (C=O) groups excluding carboxylic acids is 1. The molecule has 30 heavy (non-hydrogen) atoms. The number of nitrogens with two attached hydrogens (primary N) is 1. The Morgan fingerprint density at radius 1 is 1.23 bits per heavy atom. The minimum absolute atomic E-state index is 0.156. The van der Waals surface area contributed by atoms with Gasteiger partial charge in [-0.2, -0.15) is 5.10 Å². The van der Waals surface area contributed by atoms with Gasteiger partial charge in [0.15, 0.2) is 5.69 Å². The van der Waals surface area contributed by atoms with E-state index in [1.807, 2.05) is 39.0 Å². The number of aryl methyl sites for hydroxylation is 2. The second kappa shape index (κ2) is 5.98. The molecular weight excluding hydrogens is 386 g/mol. The van der Waals surface area contributed by atoms with E-state index in [-0.39, 0.29) is 11.9 Å². The molecule has 0 saturated carbocycles. The van der Waals surface area contributed by atoms with Crippen LogP contribution >= 0.6 is 0 Å². The van der Waals surface area contributed by atoms with Crippen LogP contribution in [0.25, 0.3) is 0 Å². The maximum absolute atomic E-state index is 12.7. The summed E-state index contributed by atoms with van der Waals surface area (Å²) < 4.78 is 19.3. The monoisotopic (exact) mass is 411 g/mol. The van der Waals surface area contributed by atoms with Gasteiger partial charge in [-0.1, -0.05) is 0 Å². The zero-order valence-electron chi connectivity index (χ0n) is 17.5. The number of nitrogens with zero attached hydrogens (tertiary/aromatic N) is 3. The number of ether oxygens (including phenoxy) is 3. The Morgan fingerprint density at radius 3 is 2.57 bits per heavy atom. The van der Waals surface area contributed by atoms with Gasteiger partial charge in [0.05, 0.1) is 18.6 Å². The third-order valence-electron chi connectivity index (χ3n) is 6.77. The smallest absolute Gasteiger partial charge is 0.283 e. The number of aromatic nitrogens is 2. The van der Waals surface area contributed by atoms with Gasteiger partial charge in [-0.05, 0) is 45.0 Å². The van der Waals surface area contributed by atoms with Crippen LogP contribution in [0.15, 0.2) is 29.3 Å². The lowest BCUT2D eigenvalue weighted by Crippen LogP contribution is -2.71. The molecule has 2 aromatic rings. The van der Waals surface area contributed by atoms with Crippen LogP contribution in [0.4, 0.5) is 5.69 Å². The fourth-order valence-electron chi connectivity index (χ4n) is 4.72. The third kappa shape index (κ3) is 2.35. The van der Waals surface area contributed by atoms with Gasteiger partial charge in [0.1, 0.15) is 23.5 Å². The Bertz CT molecular complexity index is 1070. The van der Waals surface area contributed by atoms with Crippen molar-refractivity contribution in [3.63, 3.8) is 0 Å². The molecule has 1 fully saturated rings. The third-order valence-corrected chi connectivity index (χ3v) is 6.77. The van der Waals surface area contributed by atoms with Crippen LogP contribution in [0.2, 0.25) is 0 Å². The van der Waals surface area contributed by atoms with E-state index >= 15 is 0 Å². The van der Waals surface area contributed by atoms with E-state index in [9.17, 15) is 4.79 Å². The Kier molecular flexibility index (Phi) is 3.77. The van der Waals surface area contributed by atoms with E-state index in [2.05, 4.69) is 10.4 Å². The standard InChI is InChI=1S/C21H25N5O4/c1-12-7-15(25-26(12)4)17(27)23-13-5-6-16-14(8-13)21(11-29-18(22)24-21)20(9-28-10-20)19(2,3)30-16/h5-8H,9-11H2,1-4H3,(H2,22,24)(H,23,27). The van der Waals surface area contributed by atoms with Gasteiger partial charge in [-0.15, -0.1) is 0 Å². The van der Waals surface area contributed by atoms with E-state index in [0.717, 1.165) is 11.3 Å². The van der Waals surface area contributed by atoms with E-state index in [4.69, 9.17) is 24.9 Å². The summed E-state index contributed by atoms with van der Waals surface area (Å²) in [7, 11) is 1.80. The highest BCUT2D eigenvalue weighted by Gasteiger charge is 2.71. The summed E-state index contributed by atoms with van der Waals surface area (Å²) >= 11 is 0. The zero-order valence-corrected chi connectivity index (χ0v) is 17.5. The molecule has 158 valence electrons.